The molecule has 0 aromatic heterocycles. The van der Waals surface area contributed by atoms with E-state index in [9.17, 15) is 9.59 Å². The lowest BCUT2D eigenvalue weighted by molar-refractivity contribution is -0.126. The zero-order valence-corrected chi connectivity index (χ0v) is 15.9. The minimum absolute atomic E-state index is 0. The lowest BCUT2D eigenvalue weighted by Crippen LogP contribution is -2.34. The zero-order chi connectivity index (χ0) is 17.6. The van der Waals surface area contributed by atoms with E-state index in [1.165, 1.54) is 0 Å². The summed E-state index contributed by atoms with van der Waals surface area (Å²) in [6.07, 6.45) is 5.21. The minimum atomic E-state index is -0.0459. The molecule has 2 atom stereocenters. The second kappa shape index (κ2) is 9.78. The first-order valence-electron chi connectivity index (χ1n) is 9.30. The van der Waals surface area contributed by atoms with Crippen molar-refractivity contribution in [1.82, 2.24) is 10.2 Å². The van der Waals surface area contributed by atoms with Crippen molar-refractivity contribution in [3.05, 3.63) is 29.8 Å². The average Bonchev–Trinajstić information content (AvgIpc) is 3.31. The molecule has 4 N–H and O–H groups in total. The summed E-state index contributed by atoms with van der Waals surface area (Å²) < 4.78 is 0. The van der Waals surface area contributed by atoms with Crippen LogP contribution in [-0.4, -0.2) is 36.5 Å². The number of amides is 3. The van der Waals surface area contributed by atoms with Crippen LogP contribution < -0.4 is 16.4 Å². The number of hydrogen-bond donors (Lipinski definition) is 3. The third-order valence-electron chi connectivity index (χ3n) is 5.34. The van der Waals surface area contributed by atoms with Crippen molar-refractivity contribution in [2.45, 2.75) is 38.6 Å². The number of benzene rings is 1. The number of nitrogens with one attached hydrogen (secondary N) is 2. The quantitative estimate of drug-likeness (QED) is 0.733. The average molecular weight is 381 g/mol. The molecule has 2 aliphatic rings. The van der Waals surface area contributed by atoms with Crippen molar-refractivity contribution in [1.29, 1.82) is 0 Å². The summed E-state index contributed by atoms with van der Waals surface area (Å²) in [6, 6.07) is 7.61. The number of carbonyl (C=O) groups excluding carboxylic acids is 2. The highest BCUT2D eigenvalue weighted by Crippen LogP contribution is 2.31. The first kappa shape index (κ1) is 20.5. The van der Waals surface area contributed by atoms with Crippen LogP contribution >= 0.6 is 12.4 Å². The molecule has 1 aromatic carbocycles. The molecule has 0 bridgehead atoms. The SMILES string of the molecule is Cl.NC[C@H]1CCC[C@H]1C(=O)NCc1cccc(NC(=O)N2CCCC2)c1. The molecule has 3 amide bonds. The Kier molecular flexibility index (Phi) is 7.72. The molecule has 1 aliphatic heterocycles. The van der Waals surface area contributed by atoms with Gasteiger partial charge in [-0.15, -0.1) is 12.4 Å². The summed E-state index contributed by atoms with van der Waals surface area (Å²) in [4.78, 5) is 26.4. The van der Waals surface area contributed by atoms with Crippen LogP contribution in [0.4, 0.5) is 10.5 Å². The predicted molar refractivity (Wildman–Crippen MR) is 105 cm³/mol. The number of anilines is 1. The van der Waals surface area contributed by atoms with Gasteiger partial charge in [-0.1, -0.05) is 18.6 Å². The van der Waals surface area contributed by atoms with Crippen molar-refractivity contribution in [2.75, 3.05) is 25.0 Å². The predicted octanol–water partition coefficient (Wildman–Crippen LogP) is 2.73. The fourth-order valence-corrected chi connectivity index (χ4v) is 3.87. The van der Waals surface area contributed by atoms with Gasteiger partial charge in [-0.2, -0.15) is 0 Å². The summed E-state index contributed by atoms with van der Waals surface area (Å²) >= 11 is 0. The normalized spacial score (nSPS) is 22.0. The molecule has 6 nitrogen and oxygen atoms in total. The fourth-order valence-electron chi connectivity index (χ4n) is 3.87. The molecule has 26 heavy (non-hydrogen) atoms. The molecule has 2 fully saturated rings. The molecule has 1 aromatic rings. The van der Waals surface area contributed by atoms with Crippen LogP contribution in [0.2, 0.25) is 0 Å². The van der Waals surface area contributed by atoms with E-state index in [4.69, 9.17) is 5.73 Å². The molecule has 144 valence electrons. The molecule has 1 heterocycles. The van der Waals surface area contributed by atoms with Crippen LogP contribution in [0.3, 0.4) is 0 Å². The Bertz CT molecular complexity index is 619. The van der Waals surface area contributed by atoms with Crippen molar-refractivity contribution < 1.29 is 9.59 Å². The first-order chi connectivity index (χ1) is 12.2. The van der Waals surface area contributed by atoms with Gasteiger partial charge < -0.3 is 21.3 Å². The highest BCUT2D eigenvalue weighted by molar-refractivity contribution is 5.89. The third-order valence-corrected chi connectivity index (χ3v) is 5.34. The maximum Gasteiger partial charge on any atom is 0.321 e. The van der Waals surface area contributed by atoms with Gasteiger partial charge in [0.2, 0.25) is 5.91 Å². The van der Waals surface area contributed by atoms with E-state index in [0.29, 0.717) is 19.0 Å². The van der Waals surface area contributed by atoms with Gasteiger partial charge in [0.25, 0.3) is 0 Å². The maximum atomic E-state index is 12.4. The fraction of sp³-hybridized carbons (Fsp3) is 0.579. The number of halogens is 1. The van der Waals surface area contributed by atoms with Crippen LogP contribution in [0.5, 0.6) is 0 Å². The number of urea groups is 1. The summed E-state index contributed by atoms with van der Waals surface area (Å²) in [5.74, 6) is 0.452. The van der Waals surface area contributed by atoms with Gasteiger partial charge in [-0.3, -0.25) is 4.79 Å². The third kappa shape index (κ3) is 5.11. The van der Waals surface area contributed by atoms with E-state index in [-0.39, 0.29) is 30.3 Å². The van der Waals surface area contributed by atoms with E-state index in [1.54, 1.807) is 0 Å². The van der Waals surface area contributed by atoms with E-state index >= 15 is 0 Å². The first-order valence-corrected chi connectivity index (χ1v) is 9.30. The second-order valence-electron chi connectivity index (χ2n) is 7.08. The number of nitrogens with zero attached hydrogens (tertiary/aromatic N) is 1. The zero-order valence-electron chi connectivity index (χ0n) is 15.1. The van der Waals surface area contributed by atoms with Crippen molar-refractivity contribution >= 4 is 30.0 Å². The number of nitrogens with two attached hydrogens (primary N) is 1. The number of likely N-dealkylation sites (tertiary alicyclic amines) is 1. The maximum absolute atomic E-state index is 12.4. The molecule has 0 unspecified atom stereocenters. The van der Waals surface area contributed by atoms with Crippen molar-refractivity contribution in [2.24, 2.45) is 17.6 Å². The molecule has 1 saturated carbocycles. The largest absolute Gasteiger partial charge is 0.352 e. The van der Waals surface area contributed by atoms with Crippen LogP contribution in [0, 0.1) is 11.8 Å². The van der Waals surface area contributed by atoms with E-state index < -0.39 is 0 Å². The van der Waals surface area contributed by atoms with Gasteiger partial charge in [0.1, 0.15) is 0 Å². The van der Waals surface area contributed by atoms with Gasteiger partial charge >= 0.3 is 6.03 Å². The van der Waals surface area contributed by atoms with Gasteiger partial charge in [-0.05, 0) is 55.8 Å². The van der Waals surface area contributed by atoms with Gasteiger partial charge in [0.05, 0.1) is 0 Å². The lowest BCUT2D eigenvalue weighted by atomic mass is 9.95. The van der Waals surface area contributed by atoms with Crippen LogP contribution in [0.1, 0.15) is 37.7 Å². The monoisotopic (exact) mass is 380 g/mol. The number of rotatable bonds is 5. The molecule has 1 saturated heterocycles. The lowest BCUT2D eigenvalue weighted by Gasteiger charge is -2.18. The van der Waals surface area contributed by atoms with Gasteiger partial charge in [0.15, 0.2) is 0 Å². The second-order valence-corrected chi connectivity index (χ2v) is 7.08. The van der Waals surface area contributed by atoms with Crippen molar-refractivity contribution in [3.8, 4) is 0 Å². The standard InChI is InChI=1S/C19H28N4O2.ClH/c20-12-15-6-4-8-17(15)18(24)21-13-14-5-3-7-16(11-14)22-19(25)23-9-1-2-10-23;/h3,5,7,11,15,17H,1-2,4,6,8-10,12-13,20H2,(H,21,24)(H,22,25);1H/t15-,17-;/m1./s1. The summed E-state index contributed by atoms with van der Waals surface area (Å²) in [5.41, 5.74) is 7.51. The minimum Gasteiger partial charge on any atom is -0.352 e. The Balaban J connectivity index is 0.00000243. The Labute approximate surface area is 161 Å². The van der Waals surface area contributed by atoms with Gasteiger partial charge in [-0.25, -0.2) is 4.79 Å². The van der Waals surface area contributed by atoms with E-state index in [2.05, 4.69) is 10.6 Å². The van der Waals surface area contributed by atoms with E-state index in [1.807, 2.05) is 29.2 Å². The van der Waals surface area contributed by atoms with Crippen molar-refractivity contribution in [3.63, 3.8) is 0 Å². The molecule has 0 radical (unpaired) electrons. The summed E-state index contributed by atoms with van der Waals surface area (Å²) in [5, 5.41) is 5.96. The Morgan fingerprint density at radius 1 is 1.15 bits per heavy atom. The molecular weight excluding hydrogens is 352 g/mol. The molecular formula is C19H29ClN4O2. The Morgan fingerprint density at radius 3 is 2.65 bits per heavy atom. The van der Waals surface area contributed by atoms with Crippen LogP contribution in [-0.2, 0) is 11.3 Å². The molecule has 3 rings (SSSR count). The number of hydrogen-bond acceptors (Lipinski definition) is 3. The number of carbonyl (C=O) groups is 2. The summed E-state index contributed by atoms with van der Waals surface area (Å²) in [6.45, 7) is 2.70. The highest BCUT2D eigenvalue weighted by atomic mass is 35.5. The molecule has 0 spiro atoms. The smallest absolute Gasteiger partial charge is 0.321 e. The van der Waals surface area contributed by atoms with E-state index in [0.717, 1.165) is 56.4 Å². The molecule has 1 aliphatic carbocycles. The van der Waals surface area contributed by atoms with Crippen LogP contribution in [0.25, 0.3) is 0 Å². The highest BCUT2D eigenvalue weighted by Gasteiger charge is 2.31. The summed E-state index contributed by atoms with van der Waals surface area (Å²) in [7, 11) is 0. The van der Waals surface area contributed by atoms with Crippen LogP contribution in [0.15, 0.2) is 24.3 Å². The Hall–Kier alpha value is -1.79. The Morgan fingerprint density at radius 2 is 1.92 bits per heavy atom. The van der Waals surface area contributed by atoms with Gasteiger partial charge in [0, 0.05) is 31.2 Å². The molecule has 7 heteroatoms. The topological polar surface area (TPSA) is 87.5 Å².